The third-order valence-corrected chi connectivity index (χ3v) is 5.53. The van der Waals surface area contributed by atoms with Gasteiger partial charge in [-0.25, -0.2) is 17.9 Å². The molecule has 0 fully saturated rings. The first-order valence-corrected chi connectivity index (χ1v) is 10.8. The normalized spacial score (nSPS) is 11.2. The summed E-state index contributed by atoms with van der Waals surface area (Å²) >= 11 is 11.8. The lowest BCUT2D eigenvalue weighted by molar-refractivity contribution is -0.115. The number of carbonyl (C=O) groups is 1. The third-order valence-electron chi connectivity index (χ3n) is 3.94. The largest absolute Gasteiger partial charge is 0.456 e. The maximum Gasteiger partial charge on any atom is 0.241 e. The number of hydrogen-bond acceptors (Lipinski definition) is 4. The number of rotatable bonds is 6. The Bertz CT molecular complexity index is 1220. The zero-order valence-corrected chi connectivity index (χ0v) is 17.6. The van der Waals surface area contributed by atoms with Crippen LogP contribution in [-0.4, -0.2) is 14.3 Å². The second-order valence-corrected chi connectivity index (χ2v) is 8.55. The van der Waals surface area contributed by atoms with Crippen LogP contribution >= 0.6 is 23.2 Å². The van der Waals surface area contributed by atoms with E-state index >= 15 is 0 Å². The van der Waals surface area contributed by atoms with Gasteiger partial charge in [0.15, 0.2) is 0 Å². The fourth-order valence-electron chi connectivity index (χ4n) is 2.61. The molecule has 3 rings (SSSR count). The smallest absolute Gasteiger partial charge is 0.241 e. The van der Waals surface area contributed by atoms with Gasteiger partial charge in [0, 0.05) is 10.7 Å². The van der Waals surface area contributed by atoms with Crippen molar-refractivity contribution in [1.29, 1.82) is 0 Å². The summed E-state index contributed by atoms with van der Waals surface area (Å²) in [5.41, 5.74) is 0.455. The molecule has 3 N–H and O–H groups in total. The summed E-state index contributed by atoms with van der Waals surface area (Å²) in [5, 5.41) is 8.09. The highest BCUT2D eigenvalue weighted by Crippen LogP contribution is 2.32. The molecule has 156 valence electrons. The predicted molar refractivity (Wildman–Crippen MR) is 113 cm³/mol. The summed E-state index contributed by atoms with van der Waals surface area (Å²) < 4.78 is 43.2. The molecule has 6 nitrogen and oxygen atoms in total. The fourth-order valence-corrected chi connectivity index (χ4v) is 3.67. The number of ether oxygens (including phenoxy) is 1. The van der Waals surface area contributed by atoms with E-state index in [1.807, 2.05) is 0 Å². The van der Waals surface area contributed by atoms with Gasteiger partial charge in [-0.2, -0.15) is 0 Å². The molecule has 10 heteroatoms. The number of benzene rings is 3. The van der Waals surface area contributed by atoms with Crippen LogP contribution in [0.2, 0.25) is 10.0 Å². The predicted octanol–water partition coefficient (Wildman–Crippen LogP) is 4.75. The van der Waals surface area contributed by atoms with Crippen LogP contribution in [0.25, 0.3) is 0 Å². The minimum Gasteiger partial charge on any atom is -0.456 e. The minimum atomic E-state index is -4.17. The van der Waals surface area contributed by atoms with E-state index < -0.39 is 21.7 Å². The number of anilines is 1. The van der Waals surface area contributed by atoms with Crippen molar-refractivity contribution in [3.63, 3.8) is 0 Å². The van der Waals surface area contributed by atoms with Crippen molar-refractivity contribution in [3.05, 3.63) is 82.1 Å². The van der Waals surface area contributed by atoms with Gasteiger partial charge in [0.1, 0.15) is 22.2 Å². The molecule has 0 aromatic heterocycles. The Hall–Kier alpha value is -2.65. The Morgan fingerprint density at radius 3 is 2.50 bits per heavy atom. The molecule has 3 aromatic carbocycles. The summed E-state index contributed by atoms with van der Waals surface area (Å²) in [6.07, 6.45) is -0.206. The van der Waals surface area contributed by atoms with Crippen LogP contribution in [-0.2, 0) is 21.2 Å². The lowest BCUT2D eigenvalue weighted by atomic mass is 10.1. The van der Waals surface area contributed by atoms with E-state index in [-0.39, 0.29) is 27.8 Å². The summed E-state index contributed by atoms with van der Waals surface area (Å²) in [5.74, 6) is -0.886. The molecular weight excluding hydrogens is 454 g/mol. The van der Waals surface area contributed by atoms with E-state index in [0.29, 0.717) is 16.3 Å². The van der Waals surface area contributed by atoms with Crippen molar-refractivity contribution in [2.24, 2.45) is 5.14 Å². The number of nitrogens with two attached hydrogens (primary N) is 1. The number of hydrogen-bond donors (Lipinski definition) is 2. The molecule has 0 aliphatic heterocycles. The van der Waals surface area contributed by atoms with E-state index in [1.54, 1.807) is 18.2 Å². The first-order chi connectivity index (χ1) is 14.1. The molecule has 0 saturated heterocycles. The molecule has 0 aliphatic rings. The molecule has 0 spiro atoms. The third kappa shape index (κ3) is 5.48. The highest BCUT2D eigenvalue weighted by Gasteiger charge is 2.18. The molecule has 0 heterocycles. The van der Waals surface area contributed by atoms with E-state index in [4.69, 9.17) is 33.1 Å². The molecule has 0 unspecified atom stereocenters. The quantitative estimate of drug-likeness (QED) is 0.544. The first kappa shape index (κ1) is 22.0. The monoisotopic (exact) mass is 468 g/mol. The number of primary sulfonamides is 1. The second kappa shape index (κ2) is 9.01. The van der Waals surface area contributed by atoms with Crippen LogP contribution in [0.5, 0.6) is 11.5 Å². The van der Waals surface area contributed by atoms with Gasteiger partial charge in [0.05, 0.1) is 11.4 Å². The van der Waals surface area contributed by atoms with E-state index in [2.05, 4.69) is 5.32 Å². The van der Waals surface area contributed by atoms with E-state index in [0.717, 1.165) is 0 Å². The number of carbonyl (C=O) groups excluding carboxylic acids is 1. The molecule has 1 amide bonds. The average Bonchev–Trinajstić information content (AvgIpc) is 2.66. The van der Waals surface area contributed by atoms with Crippen molar-refractivity contribution in [2.45, 2.75) is 11.3 Å². The summed E-state index contributed by atoms with van der Waals surface area (Å²) in [6, 6.07) is 14.5. The Morgan fingerprint density at radius 1 is 1.07 bits per heavy atom. The Kier molecular flexibility index (Phi) is 6.62. The van der Waals surface area contributed by atoms with Crippen LogP contribution in [0.1, 0.15) is 5.56 Å². The van der Waals surface area contributed by atoms with Gasteiger partial charge < -0.3 is 10.1 Å². The van der Waals surface area contributed by atoms with Crippen LogP contribution < -0.4 is 15.2 Å². The van der Waals surface area contributed by atoms with Gasteiger partial charge in [-0.15, -0.1) is 0 Å². The standard InChI is InChI=1S/C20H15Cl2FN2O4S/c21-13-4-2-5-15(10-13)29-17-8-7-14(11-18(17)30(24,27)28)25-19(26)9-12-3-1-6-16(23)20(12)22/h1-8,10-11H,9H2,(H,25,26)(H2,24,27,28). The molecule has 0 bridgehead atoms. The zero-order chi connectivity index (χ0) is 21.9. The Morgan fingerprint density at radius 2 is 1.80 bits per heavy atom. The van der Waals surface area contributed by atoms with Crippen molar-refractivity contribution < 1.29 is 22.3 Å². The molecule has 30 heavy (non-hydrogen) atoms. The molecular formula is C20H15Cl2FN2O4S. The zero-order valence-electron chi connectivity index (χ0n) is 15.2. The van der Waals surface area contributed by atoms with Gasteiger partial charge in [-0.1, -0.05) is 41.4 Å². The molecule has 0 saturated carbocycles. The summed E-state index contributed by atoms with van der Waals surface area (Å²) in [7, 11) is -4.17. The van der Waals surface area contributed by atoms with E-state index in [9.17, 15) is 17.6 Å². The maximum absolute atomic E-state index is 13.5. The molecule has 0 atom stereocenters. The van der Waals surface area contributed by atoms with Crippen LogP contribution in [0, 0.1) is 5.82 Å². The SMILES string of the molecule is NS(=O)(=O)c1cc(NC(=O)Cc2cccc(F)c2Cl)ccc1Oc1cccc(Cl)c1. The highest BCUT2D eigenvalue weighted by atomic mass is 35.5. The number of halogens is 3. The average molecular weight is 469 g/mol. The molecule has 0 aliphatic carbocycles. The Labute approximate surface area is 182 Å². The van der Waals surface area contributed by atoms with E-state index in [1.165, 1.54) is 42.5 Å². The minimum absolute atomic E-state index is 0.0362. The van der Waals surface area contributed by atoms with Crippen molar-refractivity contribution in [3.8, 4) is 11.5 Å². The van der Waals surface area contributed by atoms with Crippen LogP contribution in [0.15, 0.2) is 65.6 Å². The van der Waals surface area contributed by atoms with Crippen LogP contribution in [0.3, 0.4) is 0 Å². The first-order valence-electron chi connectivity index (χ1n) is 8.46. The van der Waals surface area contributed by atoms with Gasteiger partial charge in [0.25, 0.3) is 0 Å². The Balaban J connectivity index is 1.84. The molecule has 0 radical (unpaired) electrons. The molecule has 3 aromatic rings. The highest BCUT2D eigenvalue weighted by molar-refractivity contribution is 7.89. The van der Waals surface area contributed by atoms with Crippen molar-refractivity contribution in [1.82, 2.24) is 0 Å². The van der Waals surface area contributed by atoms with Gasteiger partial charge in [-0.3, -0.25) is 4.79 Å². The maximum atomic E-state index is 13.5. The summed E-state index contributed by atoms with van der Waals surface area (Å²) in [4.78, 5) is 12.0. The number of sulfonamides is 1. The lowest BCUT2D eigenvalue weighted by Gasteiger charge is -2.13. The van der Waals surface area contributed by atoms with Crippen molar-refractivity contribution in [2.75, 3.05) is 5.32 Å². The summed E-state index contributed by atoms with van der Waals surface area (Å²) in [6.45, 7) is 0. The topological polar surface area (TPSA) is 98.5 Å². The lowest BCUT2D eigenvalue weighted by Crippen LogP contribution is -2.17. The second-order valence-electron chi connectivity index (χ2n) is 6.20. The van der Waals surface area contributed by atoms with Crippen molar-refractivity contribution >= 4 is 44.8 Å². The van der Waals surface area contributed by atoms with Crippen LogP contribution in [0.4, 0.5) is 10.1 Å². The fraction of sp³-hybridized carbons (Fsp3) is 0.0500. The van der Waals surface area contributed by atoms with Gasteiger partial charge >= 0.3 is 0 Å². The van der Waals surface area contributed by atoms with Gasteiger partial charge in [-0.05, 0) is 48.0 Å². The van der Waals surface area contributed by atoms with Gasteiger partial charge in [0.2, 0.25) is 15.9 Å². The number of nitrogens with one attached hydrogen (secondary N) is 1. The number of amides is 1.